The van der Waals surface area contributed by atoms with Gasteiger partial charge in [0.05, 0.1) is 10.4 Å². The Hall–Kier alpha value is -2.21. The minimum Gasteiger partial charge on any atom is -0.396 e. The predicted molar refractivity (Wildman–Crippen MR) is 82.4 cm³/mol. The molecule has 6 heteroatoms. The third-order valence-electron chi connectivity index (χ3n) is 3.34. The molecule has 1 aromatic heterocycles. The average molecular weight is 289 g/mol. The molecule has 2 N–H and O–H groups in total. The van der Waals surface area contributed by atoms with Crippen molar-refractivity contribution in [1.29, 1.82) is 0 Å². The summed E-state index contributed by atoms with van der Waals surface area (Å²) in [7, 11) is 0. The Kier molecular flexibility index (Phi) is 5.45. The van der Waals surface area contributed by atoms with E-state index in [1.165, 1.54) is 6.20 Å². The molecule has 0 saturated carbocycles. The number of benzene rings is 1. The van der Waals surface area contributed by atoms with Crippen molar-refractivity contribution in [3.63, 3.8) is 0 Å². The van der Waals surface area contributed by atoms with Crippen LogP contribution in [0.3, 0.4) is 0 Å². The van der Waals surface area contributed by atoms with Gasteiger partial charge in [-0.1, -0.05) is 31.0 Å². The first-order valence-electron chi connectivity index (χ1n) is 7.11. The Morgan fingerprint density at radius 3 is 2.71 bits per heavy atom. The smallest absolute Gasteiger partial charge is 0.311 e. The van der Waals surface area contributed by atoms with Crippen LogP contribution in [-0.2, 0) is 0 Å². The summed E-state index contributed by atoms with van der Waals surface area (Å²) in [6, 6.07) is 7.38. The van der Waals surface area contributed by atoms with Crippen LogP contribution in [-0.4, -0.2) is 28.2 Å². The van der Waals surface area contributed by atoms with Crippen LogP contribution in [0.5, 0.6) is 0 Å². The van der Waals surface area contributed by atoms with E-state index in [1.54, 1.807) is 0 Å². The highest BCUT2D eigenvalue weighted by Gasteiger charge is 2.17. The molecule has 0 fully saturated rings. The van der Waals surface area contributed by atoms with E-state index in [0.29, 0.717) is 12.2 Å². The Labute approximate surface area is 123 Å². The fraction of sp³-hybridized carbons (Fsp3) is 0.400. The van der Waals surface area contributed by atoms with Gasteiger partial charge in [0.25, 0.3) is 0 Å². The van der Waals surface area contributed by atoms with E-state index in [-0.39, 0.29) is 12.3 Å². The third kappa shape index (κ3) is 3.88. The first kappa shape index (κ1) is 15.2. The van der Waals surface area contributed by atoms with Crippen LogP contribution in [0, 0.1) is 10.1 Å². The van der Waals surface area contributed by atoms with Crippen molar-refractivity contribution in [1.82, 2.24) is 4.98 Å². The van der Waals surface area contributed by atoms with Gasteiger partial charge >= 0.3 is 5.69 Å². The number of hydrogen-bond donors (Lipinski definition) is 2. The lowest BCUT2D eigenvalue weighted by Gasteiger charge is -2.09. The van der Waals surface area contributed by atoms with Crippen LogP contribution in [0.25, 0.3) is 10.9 Å². The first-order valence-corrected chi connectivity index (χ1v) is 7.11. The van der Waals surface area contributed by atoms with Crippen molar-refractivity contribution in [3.05, 3.63) is 40.6 Å². The minimum absolute atomic E-state index is 0.00376. The molecule has 1 heterocycles. The Morgan fingerprint density at radius 1 is 1.19 bits per heavy atom. The van der Waals surface area contributed by atoms with E-state index in [2.05, 4.69) is 10.3 Å². The summed E-state index contributed by atoms with van der Waals surface area (Å²) in [4.78, 5) is 14.9. The maximum absolute atomic E-state index is 11.1. The van der Waals surface area contributed by atoms with E-state index in [9.17, 15) is 10.1 Å². The zero-order valence-corrected chi connectivity index (χ0v) is 11.8. The maximum Gasteiger partial charge on any atom is 0.311 e. The number of rotatable bonds is 8. The highest BCUT2D eigenvalue weighted by atomic mass is 16.6. The summed E-state index contributed by atoms with van der Waals surface area (Å²) in [5.74, 6) is 0. The topological polar surface area (TPSA) is 88.3 Å². The number of anilines is 1. The van der Waals surface area contributed by atoms with Crippen LogP contribution in [0.2, 0.25) is 0 Å². The molecular weight excluding hydrogens is 270 g/mol. The lowest BCUT2D eigenvalue weighted by molar-refractivity contribution is -0.384. The number of nitrogens with one attached hydrogen (secondary N) is 1. The zero-order valence-electron chi connectivity index (χ0n) is 11.8. The summed E-state index contributed by atoms with van der Waals surface area (Å²) >= 11 is 0. The molecule has 0 saturated heterocycles. The molecule has 6 nitrogen and oxygen atoms in total. The lowest BCUT2D eigenvalue weighted by atomic mass is 10.1. The molecule has 0 bridgehead atoms. The summed E-state index contributed by atoms with van der Waals surface area (Å²) in [6.07, 6.45) is 4.98. The van der Waals surface area contributed by atoms with Crippen LogP contribution >= 0.6 is 0 Å². The summed E-state index contributed by atoms with van der Waals surface area (Å²) < 4.78 is 0. The largest absolute Gasteiger partial charge is 0.396 e. The summed E-state index contributed by atoms with van der Waals surface area (Å²) in [5.41, 5.74) is 1.28. The minimum atomic E-state index is -0.409. The van der Waals surface area contributed by atoms with Crippen LogP contribution in [0.15, 0.2) is 30.5 Å². The number of fused-ring (bicyclic) bond motifs is 1. The monoisotopic (exact) mass is 289 g/mol. The SMILES string of the molecule is O=[N+]([O-])c1cnc2ccccc2c1NCCCCCCO. The van der Waals surface area contributed by atoms with Crippen molar-refractivity contribution >= 4 is 22.3 Å². The van der Waals surface area contributed by atoms with Crippen LogP contribution in [0.4, 0.5) is 11.4 Å². The molecule has 0 atom stereocenters. The van der Waals surface area contributed by atoms with Gasteiger partial charge in [-0.05, 0) is 18.9 Å². The van der Waals surface area contributed by atoms with E-state index in [1.807, 2.05) is 24.3 Å². The predicted octanol–water partition coefficient (Wildman–Crippen LogP) is 3.11. The van der Waals surface area contributed by atoms with Crippen molar-refractivity contribution in [2.75, 3.05) is 18.5 Å². The van der Waals surface area contributed by atoms with Crippen LogP contribution < -0.4 is 5.32 Å². The van der Waals surface area contributed by atoms with E-state index < -0.39 is 4.92 Å². The van der Waals surface area contributed by atoms with Gasteiger partial charge in [0.1, 0.15) is 11.9 Å². The molecule has 1 aromatic carbocycles. The average Bonchev–Trinajstić information content (AvgIpc) is 2.50. The quantitative estimate of drug-likeness (QED) is 0.443. The number of nitrogens with zero attached hydrogens (tertiary/aromatic N) is 2. The van der Waals surface area contributed by atoms with Crippen LogP contribution in [0.1, 0.15) is 25.7 Å². The van der Waals surface area contributed by atoms with Gasteiger partial charge in [-0.2, -0.15) is 0 Å². The van der Waals surface area contributed by atoms with Gasteiger partial charge in [0.15, 0.2) is 0 Å². The second-order valence-electron chi connectivity index (χ2n) is 4.86. The molecule has 0 unspecified atom stereocenters. The number of para-hydroxylation sites is 1. The van der Waals surface area contributed by atoms with Gasteiger partial charge in [0.2, 0.25) is 0 Å². The highest BCUT2D eigenvalue weighted by molar-refractivity contribution is 5.95. The van der Waals surface area contributed by atoms with Gasteiger partial charge in [-0.25, -0.2) is 4.98 Å². The molecular formula is C15H19N3O3. The van der Waals surface area contributed by atoms with Gasteiger partial charge in [0, 0.05) is 18.5 Å². The second kappa shape index (κ2) is 7.54. The number of aliphatic hydroxyl groups is 1. The molecule has 0 radical (unpaired) electrons. The fourth-order valence-corrected chi connectivity index (χ4v) is 2.26. The van der Waals surface area contributed by atoms with Gasteiger partial charge in [-0.3, -0.25) is 10.1 Å². The standard InChI is InChI=1S/C15H19N3O3/c19-10-6-2-1-5-9-16-15-12-7-3-4-8-13(12)17-11-14(15)18(20)21/h3-4,7-8,11,19H,1-2,5-6,9-10H2,(H,16,17). The molecule has 112 valence electrons. The maximum atomic E-state index is 11.1. The summed E-state index contributed by atoms with van der Waals surface area (Å²) in [6.45, 7) is 0.883. The van der Waals surface area contributed by atoms with E-state index >= 15 is 0 Å². The number of nitro groups is 1. The first-order chi connectivity index (χ1) is 10.2. The van der Waals surface area contributed by atoms with Crippen molar-refractivity contribution < 1.29 is 10.0 Å². The Bertz CT molecular complexity index is 616. The second-order valence-corrected chi connectivity index (χ2v) is 4.86. The molecule has 0 aliphatic heterocycles. The van der Waals surface area contributed by atoms with E-state index in [4.69, 9.17) is 5.11 Å². The van der Waals surface area contributed by atoms with Crippen molar-refractivity contribution in [2.45, 2.75) is 25.7 Å². The molecule has 21 heavy (non-hydrogen) atoms. The number of pyridine rings is 1. The van der Waals surface area contributed by atoms with Gasteiger partial charge in [-0.15, -0.1) is 0 Å². The molecule has 2 aromatic rings. The highest BCUT2D eigenvalue weighted by Crippen LogP contribution is 2.31. The number of aromatic nitrogens is 1. The Balaban J connectivity index is 2.12. The summed E-state index contributed by atoms with van der Waals surface area (Å²) in [5, 5.41) is 23.8. The molecule has 0 spiro atoms. The number of hydrogen-bond acceptors (Lipinski definition) is 5. The molecule has 0 aliphatic rings. The molecule has 0 aliphatic carbocycles. The molecule has 0 amide bonds. The number of aliphatic hydroxyl groups excluding tert-OH is 1. The van der Waals surface area contributed by atoms with Crippen molar-refractivity contribution in [2.24, 2.45) is 0 Å². The molecule has 2 rings (SSSR count). The fourth-order valence-electron chi connectivity index (χ4n) is 2.26. The van der Waals surface area contributed by atoms with Crippen molar-refractivity contribution in [3.8, 4) is 0 Å². The third-order valence-corrected chi connectivity index (χ3v) is 3.34. The van der Waals surface area contributed by atoms with E-state index in [0.717, 1.165) is 36.6 Å². The number of unbranched alkanes of at least 4 members (excludes halogenated alkanes) is 3. The normalized spacial score (nSPS) is 10.7. The Morgan fingerprint density at radius 2 is 1.95 bits per heavy atom. The van der Waals surface area contributed by atoms with Gasteiger partial charge < -0.3 is 10.4 Å². The zero-order chi connectivity index (χ0) is 15.1. The lowest BCUT2D eigenvalue weighted by Crippen LogP contribution is -2.05.